The largest absolute Gasteiger partial charge is 0.340 e. The third kappa shape index (κ3) is 5.27. The second kappa shape index (κ2) is 8.96. The van der Waals surface area contributed by atoms with Crippen molar-refractivity contribution in [2.24, 2.45) is 5.92 Å². The summed E-state index contributed by atoms with van der Waals surface area (Å²) in [6, 6.07) is 6.83. The van der Waals surface area contributed by atoms with Crippen LogP contribution in [0.2, 0.25) is 5.02 Å². The molecule has 1 atom stereocenters. The van der Waals surface area contributed by atoms with Crippen molar-refractivity contribution >= 4 is 40.4 Å². The molecule has 0 bridgehead atoms. The van der Waals surface area contributed by atoms with E-state index in [1.54, 1.807) is 24.6 Å². The topological polar surface area (TPSA) is 92.6 Å². The lowest BCUT2D eigenvalue weighted by Gasteiger charge is -2.27. The van der Waals surface area contributed by atoms with Crippen LogP contribution in [0.25, 0.3) is 0 Å². The Morgan fingerprint density at radius 1 is 1.33 bits per heavy atom. The number of hydrogen-bond acceptors (Lipinski definition) is 5. The average molecular weight is 410 g/mol. The number of rotatable bonds is 7. The van der Waals surface area contributed by atoms with Crippen molar-refractivity contribution in [1.82, 2.24) is 10.2 Å². The van der Waals surface area contributed by atoms with E-state index in [2.05, 4.69) is 5.32 Å². The number of nitrogens with zero attached hydrogens (tertiary/aromatic N) is 2. The molecule has 2 amide bonds. The third-order valence-electron chi connectivity index (χ3n) is 3.99. The Balaban J connectivity index is 2.14. The minimum atomic E-state index is -0.720. The predicted octanol–water partition coefficient (Wildman–Crippen LogP) is 3.72. The number of carbonyl (C=O) groups excluding carboxylic acids is 2. The third-order valence-corrected chi connectivity index (χ3v) is 5.23. The summed E-state index contributed by atoms with van der Waals surface area (Å²) in [6.45, 7) is 3.77. The summed E-state index contributed by atoms with van der Waals surface area (Å²) in [5.74, 6) is -0.735. The zero-order valence-electron chi connectivity index (χ0n) is 15.1. The molecule has 27 heavy (non-hydrogen) atoms. The van der Waals surface area contributed by atoms with Crippen molar-refractivity contribution in [3.8, 4) is 0 Å². The highest BCUT2D eigenvalue weighted by Crippen LogP contribution is 2.23. The highest BCUT2D eigenvalue weighted by Gasteiger charge is 2.28. The monoisotopic (exact) mass is 409 g/mol. The lowest BCUT2D eigenvalue weighted by Crippen LogP contribution is -2.49. The average Bonchev–Trinajstić information content (AvgIpc) is 3.15. The van der Waals surface area contributed by atoms with E-state index in [9.17, 15) is 19.7 Å². The Labute approximate surface area is 166 Å². The second-order valence-electron chi connectivity index (χ2n) is 6.40. The normalized spacial score (nSPS) is 11.9. The molecule has 0 spiro atoms. The van der Waals surface area contributed by atoms with Crippen molar-refractivity contribution in [3.63, 3.8) is 0 Å². The van der Waals surface area contributed by atoms with Crippen LogP contribution < -0.4 is 5.32 Å². The van der Waals surface area contributed by atoms with Crippen LogP contribution in [0.4, 0.5) is 5.69 Å². The SMILES string of the molecule is CC(C)C(NC(=O)c1cccs1)C(=O)N(C)Cc1cc([N+](=O)[O-])ccc1Cl. The molecule has 0 aliphatic heterocycles. The number of likely N-dealkylation sites (N-methyl/N-ethyl adjacent to an activating group) is 1. The molecule has 0 aliphatic carbocycles. The van der Waals surface area contributed by atoms with E-state index in [1.807, 2.05) is 13.8 Å². The molecule has 1 unspecified atom stereocenters. The van der Waals surface area contributed by atoms with Crippen LogP contribution in [0, 0.1) is 16.0 Å². The number of halogens is 1. The van der Waals surface area contributed by atoms with Gasteiger partial charge in [-0.25, -0.2) is 0 Å². The maximum Gasteiger partial charge on any atom is 0.269 e. The highest BCUT2D eigenvalue weighted by atomic mass is 35.5. The fraction of sp³-hybridized carbons (Fsp3) is 0.333. The van der Waals surface area contributed by atoms with Crippen molar-refractivity contribution in [2.45, 2.75) is 26.4 Å². The molecule has 0 saturated carbocycles. The fourth-order valence-electron chi connectivity index (χ4n) is 2.50. The van der Waals surface area contributed by atoms with Gasteiger partial charge in [-0.3, -0.25) is 19.7 Å². The van der Waals surface area contributed by atoms with E-state index >= 15 is 0 Å². The molecule has 1 heterocycles. The van der Waals surface area contributed by atoms with E-state index in [0.29, 0.717) is 15.5 Å². The molecule has 7 nitrogen and oxygen atoms in total. The first-order valence-corrected chi connectivity index (χ1v) is 9.48. The molecule has 2 aromatic rings. The molecule has 2 rings (SSSR count). The summed E-state index contributed by atoms with van der Waals surface area (Å²) < 4.78 is 0. The number of benzene rings is 1. The van der Waals surface area contributed by atoms with Gasteiger partial charge in [-0.2, -0.15) is 0 Å². The standard InChI is InChI=1S/C18H20ClN3O4S/c1-11(2)16(20-17(23)15-5-4-8-27-15)18(24)21(3)10-12-9-13(22(25)26)6-7-14(12)19/h4-9,11,16H,10H2,1-3H3,(H,20,23). The molecule has 0 saturated heterocycles. The van der Waals surface area contributed by atoms with Gasteiger partial charge in [0.15, 0.2) is 0 Å². The van der Waals surface area contributed by atoms with E-state index in [0.717, 1.165) is 0 Å². The summed E-state index contributed by atoms with van der Waals surface area (Å²) in [7, 11) is 1.57. The van der Waals surface area contributed by atoms with E-state index < -0.39 is 11.0 Å². The van der Waals surface area contributed by atoms with Crippen LogP contribution in [0.15, 0.2) is 35.7 Å². The van der Waals surface area contributed by atoms with Gasteiger partial charge < -0.3 is 10.2 Å². The molecular formula is C18H20ClN3O4S. The van der Waals surface area contributed by atoms with Crippen LogP contribution in [-0.4, -0.2) is 34.7 Å². The second-order valence-corrected chi connectivity index (χ2v) is 7.75. The quantitative estimate of drug-likeness (QED) is 0.557. The number of amides is 2. The van der Waals surface area contributed by atoms with Crippen LogP contribution in [0.1, 0.15) is 29.1 Å². The summed E-state index contributed by atoms with van der Waals surface area (Å²) in [4.78, 5) is 37.5. The van der Waals surface area contributed by atoms with Crippen molar-refractivity contribution in [1.29, 1.82) is 0 Å². The molecule has 1 aromatic carbocycles. The number of nitro groups is 1. The van der Waals surface area contributed by atoms with Gasteiger partial charge in [-0.05, 0) is 29.0 Å². The van der Waals surface area contributed by atoms with Crippen LogP contribution in [0.5, 0.6) is 0 Å². The zero-order valence-corrected chi connectivity index (χ0v) is 16.7. The van der Waals surface area contributed by atoms with E-state index in [-0.39, 0.29) is 30.0 Å². The van der Waals surface area contributed by atoms with Gasteiger partial charge >= 0.3 is 0 Å². The Morgan fingerprint density at radius 2 is 2.04 bits per heavy atom. The summed E-state index contributed by atoms with van der Waals surface area (Å²) in [5, 5.41) is 15.8. The number of nitrogens with one attached hydrogen (secondary N) is 1. The maximum atomic E-state index is 12.9. The Bertz CT molecular complexity index is 839. The van der Waals surface area contributed by atoms with Gasteiger partial charge in [0.25, 0.3) is 11.6 Å². The van der Waals surface area contributed by atoms with Gasteiger partial charge in [0.2, 0.25) is 5.91 Å². The summed E-state index contributed by atoms with van der Waals surface area (Å²) >= 11 is 7.41. The predicted molar refractivity (Wildman–Crippen MR) is 105 cm³/mol. The van der Waals surface area contributed by atoms with Gasteiger partial charge in [-0.15, -0.1) is 11.3 Å². The van der Waals surface area contributed by atoms with Crippen molar-refractivity contribution in [2.75, 3.05) is 7.05 Å². The van der Waals surface area contributed by atoms with Crippen LogP contribution >= 0.6 is 22.9 Å². The minimum Gasteiger partial charge on any atom is -0.340 e. The maximum absolute atomic E-state index is 12.9. The van der Waals surface area contributed by atoms with Crippen LogP contribution in [-0.2, 0) is 11.3 Å². The number of non-ortho nitro benzene ring substituents is 1. The highest BCUT2D eigenvalue weighted by molar-refractivity contribution is 7.12. The summed E-state index contributed by atoms with van der Waals surface area (Å²) in [5.41, 5.74) is 0.371. The minimum absolute atomic E-state index is 0.0947. The van der Waals surface area contributed by atoms with Gasteiger partial charge in [-0.1, -0.05) is 31.5 Å². The number of thiophene rings is 1. The molecule has 0 fully saturated rings. The Morgan fingerprint density at radius 3 is 2.59 bits per heavy atom. The molecule has 9 heteroatoms. The van der Waals surface area contributed by atoms with Crippen molar-refractivity contribution in [3.05, 3.63) is 61.3 Å². The van der Waals surface area contributed by atoms with Crippen LogP contribution in [0.3, 0.4) is 0 Å². The number of carbonyl (C=O) groups is 2. The first-order chi connectivity index (χ1) is 12.7. The molecule has 0 radical (unpaired) electrons. The first kappa shape index (κ1) is 20.9. The van der Waals surface area contributed by atoms with E-state index in [4.69, 9.17) is 11.6 Å². The zero-order chi connectivity index (χ0) is 20.1. The number of hydrogen-bond donors (Lipinski definition) is 1. The van der Waals surface area contributed by atoms with Gasteiger partial charge in [0.1, 0.15) is 6.04 Å². The molecule has 0 aliphatic rings. The Kier molecular flexibility index (Phi) is 6.92. The number of nitro benzene ring substituents is 1. The lowest BCUT2D eigenvalue weighted by atomic mass is 10.0. The van der Waals surface area contributed by atoms with Gasteiger partial charge in [0, 0.05) is 30.7 Å². The molecular weight excluding hydrogens is 390 g/mol. The smallest absolute Gasteiger partial charge is 0.269 e. The lowest BCUT2D eigenvalue weighted by molar-refractivity contribution is -0.384. The van der Waals surface area contributed by atoms with E-state index in [1.165, 1.54) is 34.4 Å². The van der Waals surface area contributed by atoms with Gasteiger partial charge in [0.05, 0.1) is 9.80 Å². The summed E-state index contributed by atoms with van der Waals surface area (Å²) in [6.07, 6.45) is 0. The first-order valence-electron chi connectivity index (χ1n) is 8.23. The molecule has 144 valence electrons. The fourth-order valence-corrected chi connectivity index (χ4v) is 3.30. The molecule has 1 aromatic heterocycles. The van der Waals surface area contributed by atoms with Crippen molar-refractivity contribution < 1.29 is 14.5 Å². The Hall–Kier alpha value is -2.45. The molecule has 1 N–H and O–H groups in total.